The Bertz CT molecular complexity index is 362. The first-order valence-corrected chi connectivity index (χ1v) is 7.25. The van der Waals surface area contributed by atoms with Crippen molar-refractivity contribution in [2.45, 2.75) is 52.0 Å². The molecule has 2 amide bonds. The lowest BCUT2D eigenvalue weighted by Gasteiger charge is -2.40. The smallest absolute Gasteiger partial charge is 0.326 e. The maximum absolute atomic E-state index is 12.4. The Hall–Kier alpha value is -1.26. The molecule has 0 aromatic heterocycles. The van der Waals surface area contributed by atoms with Crippen LogP contribution in [0.3, 0.4) is 0 Å². The first-order chi connectivity index (χ1) is 8.97. The summed E-state index contributed by atoms with van der Waals surface area (Å²) in [5.74, 6) is -0.874. The molecule has 0 aromatic carbocycles. The monoisotopic (exact) mass is 268 g/mol. The summed E-state index contributed by atoms with van der Waals surface area (Å²) in [7, 11) is 0. The number of likely N-dealkylation sites (tertiary alicyclic amines) is 2. The minimum Gasteiger partial charge on any atom is -0.480 e. The van der Waals surface area contributed by atoms with Gasteiger partial charge in [-0.2, -0.15) is 0 Å². The number of carboxylic acid groups (broad SMARTS) is 1. The van der Waals surface area contributed by atoms with Gasteiger partial charge in [-0.25, -0.2) is 9.59 Å². The van der Waals surface area contributed by atoms with Gasteiger partial charge in [-0.3, -0.25) is 0 Å². The van der Waals surface area contributed by atoms with Crippen LogP contribution in [0.25, 0.3) is 0 Å². The Morgan fingerprint density at radius 1 is 1.26 bits per heavy atom. The average molecular weight is 268 g/mol. The Morgan fingerprint density at radius 3 is 2.42 bits per heavy atom. The third-order valence-corrected chi connectivity index (χ3v) is 4.88. The number of aliphatic carboxylic acids is 1. The van der Waals surface area contributed by atoms with Gasteiger partial charge in [0, 0.05) is 19.6 Å². The first kappa shape index (κ1) is 14.2. The summed E-state index contributed by atoms with van der Waals surface area (Å²) < 4.78 is 0. The lowest BCUT2D eigenvalue weighted by molar-refractivity contribution is -0.141. The molecule has 2 heterocycles. The fourth-order valence-corrected chi connectivity index (χ4v) is 3.03. The van der Waals surface area contributed by atoms with Crippen LogP contribution in [0.15, 0.2) is 0 Å². The molecule has 1 N–H and O–H groups in total. The summed E-state index contributed by atoms with van der Waals surface area (Å²) in [6, 6.07) is -0.699. The van der Waals surface area contributed by atoms with E-state index in [0.717, 1.165) is 38.8 Å². The molecular weight excluding hydrogens is 244 g/mol. The van der Waals surface area contributed by atoms with E-state index in [2.05, 4.69) is 13.8 Å². The second-order valence-electron chi connectivity index (χ2n) is 6.12. The van der Waals surface area contributed by atoms with Gasteiger partial charge in [0.05, 0.1) is 0 Å². The van der Waals surface area contributed by atoms with Crippen molar-refractivity contribution in [3.63, 3.8) is 0 Å². The Kier molecular flexibility index (Phi) is 4.02. The van der Waals surface area contributed by atoms with Gasteiger partial charge in [-0.15, -0.1) is 0 Å². The normalized spacial score (nSPS) is 26.5. The number of piperidine rings is 1. The summed E-state index contributed by atoms with van der Waals surface area (Å²) in [5.41, 5.74) is 0.341. The van der Waals surface area contributed by atoms with Gasteiger partial charge in [0.25, 0.3) is 0 Å². The molecular formula is C14H24N2O3. The molecule has 2 aliphatic heterocycles. The maximum atomic E-state index is 12.4. The van der Waals surface area contributed by atoms with E-state index < -0.39 is 12.0 Å². The van der Waals surface area contributed by atoms with Gasteiger partial charge in [-0.1, -0.05) is 20.3 Å². The number of rotatable bonds is 2. The molecule has 1 atom stereocenters. The largest absolute Gasteiger partial charge is 0.480 e. The number of amides is 2. The van der Waals surface area contributed by atoms with Crippen LogP contribution in [0.4, 0.5) is 4.79 Å². The van der Waals surface area contributed by atoms with Crippen LogP contribution in [-0.2, 0) is 4.79 Å². The van der Waals surface area contributed by atoms with Crippen molar-refractivity contribution in [3.05, 3.63) is 0 Å². The van der Waals surface area contributed by atoms with Crippen molar-refractivity contribution >= 4 is 12.0 Å². The molecule has 0 bridgehead atoms. The summed E-state index contributed by atoms with van der Waals surface area (Å²) >= 11 is 0. The zero-order valence-electron chi connectivity index (χ0n) is 11.9. The molecule has 0 aliphatic carbocycles. The zero-order chi connectivity index (χ0) is 14.0. The second kappa shape index (κ2) is 5.39. The molecule has 5 heteroatoms. The number of carbonyl (C=O) groups is 2. The van der Waals surface area contributed by atoms with E-state index >= 15 is 0 Å². The van der Waals surface area contributed by atoms with Crippen molar-refractivity contribution in [2.24, 2.45) is 5.41 Å². The summed E-state index contributed by atoms with van der Waals surface area (Å²) in [5, 5.41) is 9.14. The molecule has 0 spiro atoms. The van der Waals surface area contributed by atoms with Crippen molar-refractivity contribution in [1.29, 1.82) is 0 Å². The Morgan fingerprint density at radius 2 is 1.89 bits per heavy atom. The van der Waals surface area contributed by atoms with Gasteiger partial charge in [-0.05, 0) is 31.1 Å². The minimum atomic E-state index is -0.874. The predicted octanol–water partition coefficient (Wildman–Crippen LogP) is 2.17. The number of hydrogen-bond donors (Lipinski definition) is 1. The minimum absolute atomic E-state index is 0.0805. The summed E-state index contributed by atoms with van der Waals surface area (Å²) in [4.78, 5) is 26.9. The van der Waals surface area contributed by atoms with E-state index in [4.69, 9.17) is 5.11 Å². The maximum Gasteiger partial charge on any atom is 0.326 e. The third-order valence-electron chi connectivity index (χ3n) is 4.88. The Balaban J connectivity index is 1.96. The molecule has 5 nitrogen and oxygen atoms in total. The standard InChI is InChI=1S/C14H24N2O3/c1-3-14(2)6-9-15(10-7-14)13(19)16-8-4-5-11(16)12(17)18/h11H,3-10H2,1-2H3,(H,17,18). The molecule has 108 valence electrons. The van der Waals surface area contributed by atoms with Crippen LogP contribution in [-0.4, -0.2) is 52.6 Å². The number of hydrogen-bond acceptors (Lipinski definition) is 2. The fraction of sp³-hybridized carbons (Fsp3) is 0.857. The highest BCUT2D eigenvalue weighted by Crippen LogP contribution is 2.34. The highest BCUT2D eigenvalue weighted by molar-refractivity contribution is 5.83. The lowest BCUT2D eigenvalue weighted by atomic mass is 9.78. The van der Waals surface area contributed by atoms with E-state index in [0.29, 0.717) is 18.4 Å². The number of nitrogens with zero attached hydrogens (tertiary/aromatic N) is 2. The van der Waals surface area contributed by atoms with E-state index in [-0.39, 0.29) is 6.03 Å². The molecule has 0 aromatic rings. The first-order valence-electron chi connectivity index (χ1n) is 7.25. The van der Waals surface area contributed by atoms with E-state index in [1.165, 1.54) is 4.90 Å². The zero-order valence-corrected chi connectivity index (χ0v) is 11.9. The molecule has 2 aliphatic rings. The summed E-state index contributed by atoms with van der Waals surface area (Å²) in [6.07, 6.45) is 4.54. The van der Waals surface area contributed by atoms with E-state index in [1.807, 2.05) is 4.90 Å². The molecule has 2 fully saturated rings. The highest BCUT2D eigenvalue weighted by Gasteiger charge is 2.38. The van der Waals surface area contributed by atoms with Crippen LogP contribution in [0.1, 0.15) is 46.0 Å². The SMILES string of the molecule is CCC1(C)CCN(C(=O)N2CCCC2C(=O)O)CC1. The van der Waals surface area contributed by atoms with Crippen LogP contribution >= 0.6 is 0 Å². The van der Waals surface area contributed by atoms with Crippen molar-refractivity contribution in [1.82, 2.24) is 9.80 Å². The second-order valence-corrected chi connectivity index (χ2v) is 6.12. The van der Waals surface area contributed by atoms with Gasteiger partial charge in [0.15, 0.2) is 0 Å². The Labute approximate surface area is 114 Å². The van der Waals surface area contributed by atoms with Gasteiger partial charge in [0.1, 0.15) is 6.04 Å². The average Bonchev–Trinajstić information content (AvgIpc) is 2.88. The van der Waals surface area contributed by atoms with Crippen LogP contribution in [0, 0.1) is 5.41 Å². The molecule has 0 radical (unpaired) electrons. The predicted molar refractivity (Wildman–Crippen MR) is 72.0 cm³/mol. The highest BCUT2D eigenvalue weighted by atomic mass is 16.4. The quantitative estimate of drug-likeness (QED) is 0.835. The number of carboxylic acids is 1. The van der Waals surface area contributed by atoms with Gasteiger partial charge < -0.3 is 14.9 Å². The molecule has 2 rings (SSSR count). The van der Waals surface area contributed by atoms with Crippen LogP contribution in [0.5, 0.6) is 0 Å². The van der Waals surface area contributed by atoms with E-state index in [1.54, 1.807) is 0 Å². The number of carbonyl (C=O) groups excluding carboxylic acids is 1. The van der Waals surface area contributed by atoms with Crippen LogP contribution < -0.4 is 0 Å². The molecule has 1 unspecified atom stereocenters. The van der Waals surface area contributed by atoms with Crippen molar-refractivity contribution in [2.75, 3.05) is 19.6 Å². The van der Waals surface area contributed by atoms with Gasteiger partial charge in [0.2, 0.25) is 0 Å². The third kappa shape index (κ3) is 2.85. The van der Waals surface area contributed by atoms with Gasteiger partial charge >= 0.3 is 12.0 Å². The molecule has 19 heavy (non-hydrogen) atoms. The lowest BCUT2D eigenvalue weighted by Crippen LogP contribution is -2.51. The topological polar surface area (TPSA) is 60.9 Å². The van der Waals surface area contributed by atoms with Crippen LogP contribution in [0.2, 0.25) is 0 Å². The van der Waals surface area contributed by atoms with Crippen molar-refractivity contribution in [3.8, 4) is 0 Å². The van der Waals surface area contributed by atoms with Crippen molar-refractivity contribution < 1.29 is 14.7 Å². The van der Waals surface area contributed by atoms with E-state index in [9.17, 15) is 9.59 Å². The molecule has 0 saturated carbocycles. The number of urea groups is 1. The fourth-order valence-electron chi connectivity index (χ4n) is 3.03. The molecule has 2 saturated heterocycles. The summed E-state index contributed by atoms with van der Waals surface area (Å²) in [6.45, 7) is 6.55.